The summed E-state index contributed by atoms with van der Waals surface area (Å²) in [7, 11) is 2.03. The molecule has 53 heavy (non-hydrogen) atoms. The fourth-order valence-electron chi connectivity index (χ4n) is 7.07. The standard InChI is InChI=1S/C44H52N4O5/c1-5-33-17-20-35(21-18-33)45(4)39-22-19-34(44(51)37-31-48(24-10-16-43(49)50)38-13-7-6-12-36(37)38)30-42(39)52-29-11-23-46-25-27-47(28-26-46)40-14-8-9-15-41(40)53-32(2)3/h6-9,12-15,17-22,30-32H,5,10-11,16,23-29H2,1-4H3,(H,49,50). The minimum absolute atomic E-state index is 0.0746. The molecule has 9 nitrogen and oxygen atoms in total. The molecule has 4 aromatic carbocycles. The zero-order valence-corrected chi connectivity index (χ0v) is 31.5. The van der Waals surface area contributed by atoms with Gasteiger partial charge in [-0.3, -0.25) is 14.5 Å². The maximum Gasteiger partial charge on any atom is 0.303 e. The fraction of sp³-hybridized carbons (Fsp3) is 0.364. The van der Waals surface area contributed by atoms with Gasteiger partial charge in [-0.2, -0.15) is 0 Å². The van der Waals surface area contributed by atoms with Gasteiger partial charge in [-0.25, -0.2) is 0 Å². The van der Waals surface area contributed by atoms with Gasteiger partial charge in [-0.1, -0.05) is 49.4 Å². The Morgan fingerprint density at radius 3 is 2.32 bits per heavy atom. The van der Waals surface area contributed by atoms with E-state index in [1.54, 1.807) is 0 Å². The number of aromatic nitrogens is 1. The number of hydrogen-bond donors (Lipinski definition) is 1. The van der Waals surface area contributed by atoms with E-state index in [4.69, 9.17) is 14.6 Å². The van der Waals surface area contributed by atoms with E-state index < -0.39 is 5.97 Å². The lowest BCUT2D eigenvalue weighted by molar-refractivity contribution is -0.137. The summed E-state index contributed by atoms with van der Waals surface area (Å²) in [4.78, 5) is 32.3. The number of para-hydroxylation sites is 3. The third-order valence-electron chi connectivity index (χ3n) is 9.96. The summed E-state index contributed by atoms with van der Waals surface area (Å²) in [6.07, 6.45) is 4.37. The molecule has 1 aliphatic rings. The van der Waals surface area contributed by atoms with Crippen LogP contribution in [0.3, 0.4) is 0 Å². The number of hydrogen-bond acceptors (Lipinski definition) is 7. The van der Waals surface area contributed by atoms with E-state index >= 15 is 0 Å². The maximum atomic E-state index is 14.2. The van der Waals surface area contributed by atoms with Gasteiger partial charge in [0.15, 0.2) is 5.78 Å². The summed E-state index contributed by atoms with van der Waals surface area (Å²) in [6, 6.07) is 30.4. The Bertz CT molecular complexity index is 2000. The van der Waals surface area contributed by atoms with Crippen LogP contribution < -0.4 is 19.3 Å². The van der Waals surface area contributed by atoms with E-state index in [-0.39, 0.29) is 18.3 Å². The molecule has 0 atom stereocenters. The predicted molar refractivity (Wildman–Crippen MR) is 214 cm³/mol. The van der Waals surface area contributed by atoms with Crippen molar-refractivity contribution in [1.82, 2.24) is 9.47 Å². The summed E-state index contributed by atoms with van der Waals surface area (Å²) in [5.74, 6) is 0.680. The Labute approximate surface area is 313 Å². The first kappa shape index (κ1) is 37.5. The van der Waals surface area contributed by atoms with Crippen LogP contribution >= 0.6 is 0 Å². The van der Waals surface area contributed by atoms with Gasteiger partial charge < -0.3 is 28.9 Å². The quantitative estimate of drug-likeness (QED) is 0.0758. The zero-order valence-electron chi connectivity index (χ0n) is 31.5. The molecule has 0 amide bonds. The molecule has 278 valence electrons. The van der Waals surface area contributed by atoms with Crippen LogP contribution in [0.4, 0.5) is 17.1 Å². The summed E-state index contributed by atoms with van der Waals surface area (Å²) in [5.41, 5.74) is 6.41. The van der Waals surface area contributed by atoms with Crippen molar-refractivity contribution in [2.75, 3.05) is 56.2 Å². The maximum absolute atomic E-state index is 14.2. The molecule has 1 fully saturated rings. The van der Waals surface area contributed by atoms with Crippen molar-refractivity contribution in [3.05, 3.63) is 114 Å². The van der Waals surface area contributed by atoms with Gasteiger partial charge in [-0.15, -0.1) is 0 Å². The van der Waals surface area contributed by atoms with Crippen LogP contribution in [0.5, 0.6) is 11.5 Å². The smallest absolute Gasteiger partial charge is 0.303 e. The van der Waals surface area contributed by atoms with Crippen LogP contribution in [-0.2, 0) is 17.8 Å². The third-order valence-corrected chi connectivity index (χ3v) is 9.96. The first-order valence-corrected chi connectivity index (χ1v) is 18.9. The molecule has 6 rings (SSSR count). The predicted octanol–water partition coefficient (Wildman–Crippen LogP) is 8.45. The van der Waals surface area contributed by atoms with E-state index in [2.05, 4.69) is 77.9 Å². The fourth-order valence-corrected chi connectivity index (χ4v) is 7.07. The van der Waals surface area contributed by atoms with Crippen molar-refractivity contribution < 1.29 is 24.2 Å². The zero-order chi connectivity index (χ0) is 37.3. The minimum Gasteiger partial charge on any atom is -0.491 e. The molecular formula is C44H52N4O5. The summed E-state index contributed by atoms with van der Waals surface area (Å²) < 4.78 is 14.6. The summed E-state index contributed by atoms with van der Waals surface area (Å²) in [5, 5.41) is 10.0. The number of aliphatic carboxylic acids is 1. The number of anilines is 3. The number of piperazine rings is 1. The number of ketones is 1. The van der Waals surface area contributed by atoms with E-state index in [1.807, 2.05) is 66.3 Å². The molecule has 0 radical (unpaired) electrons. The van der Waals surface area contributed by atoms with E-state index in [9.17, 15) is 9.59 Å². The molecule has 1 aromatic heterocycles. The highest BCUT2D eigenvalue weighted by atomic mass is 16.5. The lowest BCUT2D eigenvalue weighted by Crippen LogP contribution is -2.47. The van der Waals surface area contributed by atoms with Crippen LogP contribution in [0, 0.1) is 0 Å². The molecule has 0 spiro atoms. The van der Waals surface area contributed by atoms with Crippen molar-refractivity contribution in [2.45, 2.75) is 59.1 Å². The van der Waals surface area contributed by atoms with E-state index in [0.717, 1.165) is 79.3 Å². The average molecular weight is 717 g/mol. The van der Waals surface area contributed by atoms with Gasteiger partial charge in [0.1, 0.15) is 11.5 Å². The Morgan fingerprint density at radius 1 is 0.849 bits per heavy atom. The molecule has 0 bridgehead atoms. The monoisotopic (exact) mass is 716 g/mol. The first-order valence-electron chi connectivity index (χ1n) is 18.9. The second-order valence-corrected chi connectivity index (χ2v) is 14.0. The molecule has 0 saturated carbocycles. The summed E-state index contributed by atoms with van der Waals surface area (Å²) >= 11 is 0. The van der Waals surface area contributed by atoms with E-state index in [1.165, 1.54) is 5.56 Å². The molecule has 1 aliphatic heterocycles. The van der Waals surface area contributed by atoms with Crippen LogP contribution in [-0.4, -0.2) is 78.8 Å². The molecule has 2 heterocycles. The van der Waals surface area contributed by atoms with Crippen molar-refractivity contribution >= 4 is 39.7 Å². The van der Waals surface area contributed by atoms with E-state index in [0.29, 0.717) is 36.4 Å². The van der Waals surface area contributed by atoms with Crippen LogP contribution in [0.25, 0.3) is 10.9 Å². The molecular weight excluding hydrogens is 665 g/mol. The van der Waals surface area contributed by atoms with Crippen LogP contribution in [0.2, 0.25) is 0 Å². The highest BCUT2D eigenvalue weighted by Gasteiger charge is 2.22. The Balaban J connectivity index is 1.16. The van der Waals surface area contributed by atoms with Gasteiger partial charge in [0.25, 0.3) is 0 Å². The Morgan fingerprint density at radius 2 is 1.58 bits per heavy atom. The third kappa shape index (κ3) is 9.21. The molecule has 1 N–H and O–H groups in total. The minimum atomic E-state index is -0.826. The second-order valence-electron chi connectivity index (χ2n) is 14.0. The first-order chi connectivity index (χ1) is 25.7. The largest absolute Gasteiger partial charge is 0.491 e. The van der Waals surface area contributed by atoms with Crippen molar-refractivity contribution in [1.29, 1.82) is 0 Å². The molecule has 0 unspecified atom stereocenters. The number of fused-ring (bicyclic) bond motifs is 1. The Kier molecular flexibility index (Phi) is 12.4. The SMILES string of the molecule is CCc1ccc(N(C)c2ccc(C(=O)c3cn(CCCC(=O)O)c4ccccc34)cc2OCCCN2CCN(c3ccccc3OC(C)C)CC2)cc1. The van der Waals surface area contributed by atoms with Crippen LogP contribution in [0.15, 0.2) is 97.2 Å². The second kappa shape index (κ2) is 17.5. The van der Waals surface area contributed by atoms with Crippen molar-refractivity contribution in [3.8, 4) is 11.5 Å². The van der Waals surface area contributed by atoms with Gasteiger partial charge in [0.05, 0.1) is 24.1 Å². The number of benzene rings is 4. The molecule has 0 aliphatic carbocycles. The van der Waals surface area contributed by atoms with Gasteiger partial charge in [0, 0.05) is 86.7 Å². The number of carbonyl (C=O) groups excluding carboxylic acids is 1. The van der Waals surface area contributed by atoms with Gasteiger partial charge in [0.2, 0.25) is 0 Å². The number of rotatable bonds is 17. The lowest BCUT2D eigenvalue weighted by Gasteiger charge is -2.37. The average Bonchev–Trinajstić information content (AvgIpc) is 3.54. The van der Waals surface area contributed by atoms with Crippen LogP contribution in [0.1, 0.15) is 61.5 Å². The highest BCUT2D eigenvalue weighted by molar-refractivity contribution is 6.16. The number of carboxylic acids is 1. The normalized spacial score (nSPS) is 13.4. The van der Waals surface area contributed by atoms with Gasteiger partial charge >= 0.3 is 5.97 Å². The topological polar surface area (TPSA) is 87.5 Å². The number of ether oxygens (including phenoxy) is 2. The number of aryl methyl sites for hydroxylation is 2. The lowest BCUT2D eigenvalue weighted by atomic mass is 10.0. The van der Waals surface area contributed by atoms with Crippen molar-refractivity contribution in [3.63, 3.8) is 0 Å². The molecule has 9 heteroatoms. The number of carbonyl (C=O) groups is 2. The Hall–Kier alpha value is -5.28. The number of carboxylic acid groups (broad SMARTS) is 1. The van der Waals surface area contributed by atoms with Gasteiger partial charge in [-0.05, 0) is 87.2 Å². The molecule has 1 saturated heterocycles. The molecule has 5 aromatic rings. The highest BCUT2D eigenvalue weighted by Crippen LogP contribution is 2.36. The summed E-state index contributed by atoms with van der Waals surface area (Å²) in [6.45, 7) is 12.0. The number of nitrogens with zero attached hydrogens (tertiary/aromatic N) is 4. The van der Waals surface area contributed by atoms with Crippen molar-refractivity contribution in [2.24, 2.45) is 0 Å².